The highest BCUT2D eigenvalue weighted by atomic mass is 32.2. The van der Waals surface area contributed by atoms with Crippen molar-refractivity contribution in [2.75, 3.05) is 6.26 Å². The molecule has 0 aliphatic rings. The van der Waals surface area contributed by atoms with Crippen molar-refractivity contribution in [1.82, 2.24) is 0 Å². The molecule has 0 heterocycles. The van der Waals surface area contributed by atoms with Crippen molar-refractivity contribution in [3.05, 3.63) is 37.0 Å². The summed E-state index contributed by atoms with van der Waals surface area (Å²) in [6, 6.07) is 0. The quantitative estimate of drug-likeness (QED) is 0.344. The average molecular weight is 169 g/mol. The lowest BCUT2D eigenvalue weighted by Gasteiger charge is -2.14. The summed E-state index contributed by atoms with van der Waals surface area (Å²) in [4.78, 5) is 0. The molecule has 0 aromatic carbocycles. The first-order chi connectivity index (χ1) is 5.04. The molecule has 0 amide bonds. The molecule has 0 spiro atoms. The van der Waals surface area contributed by atoms with E-state index < -0.39 is 0 Å². The molecule has 0 unspecified atom stereocenters. The topological polar surface area (TPSA) is 0 Å². The molecule has 0 aliphatic carbocycles. The fourth-order valence-corrected chi connectivity index (χ4v) is 0.893. The maximum Gasteiger partial charge on any atom is 0.144 e. The Bertz CT molecular complexity index is 175. The van der Waals surface area contributed by atoms with Crippen molar-refractivity contribution in [3.63, 3.8) is 0 Å². The summed E-state index contributed by atoms with van der Waals surface area (Å²) in [6.45, 7) is 12.0. The molecule has 0 aromatic heterocycles. The van der Waals surface area contributed by atoms with Gasteiger partial charge in [-0.05, 0) is 31.2 Å². The predicted molar refractivity (Wildman–Crippen MR) is 57.2 cm³/mol. The Labute approximate surface area is 74.1 Å². The highest BCUT2D eigenvalue weighted by Gasteiger charge is 2.25. The third kappa shape index (κ3) is 3.47. The van der Waals surface area contributed by atoms with Gasteiger partial charge in [-0.15, -0.1) is 0 Å². The first-order valence-electron chi connectivity index (χ1n) is 3.64. The van der Waals surface area contributed by atoms with Crippen molar-refractivity contribution in [1.29, 1.82) is 0 Å². The van der Waals surface area contributed by atoms with E-state index in [1.165, 1.54) is 11.8 Å². The lowest BCUT2D eigenvalue weighted by atomic mass is 10.0. The molecule has 0 atom stereocenters. The van der Waals surface area contributed by atoms with Gasteiger partial charge in [-0.3, -0.25) is 0 Å². The first kappa shape index (κ1) is 10.6. The number of allylic oxidation sites excluding steroid dienone is 3. The molecule has 0 aromatic rings. The van der Waals surface area contributed by atoms with Crippen molar-refractivity contribution in [2.24, 2.45) is 0 Å². The van der Waals surface area contributed by atoms with Gasteiger partial charge in [0.2, 0.25) is 0 Å². The Balaban J connectivity index is 4.24. The van der Waals surface area contributed by atoms with E-state index >= 15 is 0 Å². The molecular weight excluding hydrogens is 152 g/mol. The second kappa shape index (κ2) is 4.45. The monoisotopic (exact) mass is 169 g/mol. The summed E-state index contributed by atoms with van der Waals surface area (Å²) in [7, 11) is 0. The molecule has 1 heteroatoms. The number of hydrogen-bond acceptors (Lipinski definition) is 0. The average Bonchev–Trinajstić information content (AvgIpc) is 2.00. The van der Waals surface area contributed by atoms with Gasteiger partial charge in [0.05, 0.1) is 6.26 Å². The lowest BCUT2D eigenvalue weighted by Crippen LogP contribution is -2.22. The molecule has 0 fully saturated rings. The van der Waals surface area contributed by atoms with E-state index in [0.29, 0.717) is 0 Å². The van der Waals surface area contributed by atoms with Crippen LogP contribution in [0.15, 0.2) is 37.0 Å². The van der Waals surface area contributed by atoms with Crippen LogP contribution in [0, 0.1) is 0 Å². The molecule has 11 heavy (non-hydrogen) atoms. The standard InChI is InChI=1S/C10H16S/c1-6-7-8-9(2)10(3,4)11-5/h6-8H,1-2H2,3-5H3/p+1/b8-7-. The summed E-state index contributed by atoms with van der Waals surface area (Å²) in [6.07, 6.45) is 7.86. The van der Waals surface area contributed by atoms with Crippen LogP contribution in [0.3, 0.4) is 0 Å². The minimum Gasteiger partial charge on any atom is -0.0991 e. The van der Waals surface area contributed by atoms with Crippen LogP contribution in [0.5, 0.6) is 0 Å². The van der Waals surface area contributed by atoms with Crippen LogP contribution in [-0.2, 0) is 11.8 Å². The Morgan fingerprint density at radius 3 is 2.36 bits per heavy atom. The van der Waals surface area contributed by atoms with Gasteiger partial charge in [0, 0.05) is 0 Å². The fourth-order valence-electron chi connectivity index (χ4n) is 0.532. The number of hydrogen-bond donors (Lipinski definition) is 0. The Morgan fingerprint density at radius 1 is 1.45 bits per heavy atom. The van der Waals surface area contributed by atoms with Gasteiger partial charge < -0.3 is 0 Å². The zero-order valence-electron chi connectivity index (χ0n) is 7.59. The zero-order valence-corrected chi connectivity index (χ0v) is 8.49. The molecular formula is C10H17S+. The highest BCUT2D eigenvalue weighted by molar-refractivity contribution is 7.79. The van der Waals surface area contributed by atoms with E-state index in [-0.39, 0.29) is 4.75 Å². The summed E-state index contributed by atoms with van der Waals surface area (Å²) < 4.78 is 0.194. The molecule has 0 bridgehead atoms. The van der Waals surface area contributed by atoms with Crippen LogP contribution in [0.1, 0.15) is 13.8 Å². The minimum atomic E-state index is 0.194. The fraction of sp³-hybridized carbons (Fsp3) is 0.400. The molecule has 0 rings (SSSR count). The van der Waals surface area contributed by atoms with Gasteiger partial charge in [-0.1, -0.05) is 31.4 Å². The lowest BCUT2D eigenvalue weighted by molar-refractivity contribution is 0.861. The highest BCUT2D eigenvalue weighted by Crippen LogP contribution is 2.19. The molecule has 0 nitrogen and oxygen atoms in total. The molecule has 0 saturated heterocycles. The molecule has 0 saturated carbocycles. The van der Waals surface area contributed by atoms with Crippen LogP contribution < -0.4 is 0 Å². The maximum absolute atomic E-state index is 3.99. The second-order valence-electron chi connectivity index (χ2n) is 2.90. The van der Waals surface area contributed by atoms with E-state index in [1.54, 1.807) is 6.08 Å². The Hall–Kier alpha value is -0.430. The number of thiol groups is 1. The zero-order chi connectivity index (χ0) is 8.91. The number of rotatable bonds is 4. The summed E-state index contributed by atoms with van der Waals surface area (Å²) in [5.41, 5.74) is 1.15. The van der Waals surface area contributed by atoms with Crippen LogP contribution in [0.25, 0.3) is 0 Å². The van der Waals surface area contributed by atoms with Crippen LogP contribution in [0.4, 0.5) is 0 Å². The van der Waals surface area contributed by atoms with Gasteiger partial charge in [0.25, 0.3) is 0 Å². The minimum absolute atomic E-state index is 0.194. The maximum atomic E-state index is 3.99. The van der Waals surface area contributed by atoms with Gasteiger partial charge >= 0.3 is 0 Å². The summed E-state index contributed by atoms with van der Waals surface area (Å²) in [5, 5.41) is 0. The van der Waals surface area contributed by atoms with E-state index in [2.05, 4.69) is 33.3 Å². The normalized spacial score (nSPS) is 11.9. The SMILES string of the molecule is C=C/C=C\C(=C)C(C)(C)[SH+]C. The molecule has 0 radical (unpaired) electrons. The third-order valence-electron chi connectivity index (χ3n) is 1.78. The van der Waals surface area contributed by atoms with Gasteiger partial charge in [0.15, 0.2) is 0 Å². The third-order valence-corrected chi connectivity index (χ3v) is 3.18. The second-order valence-corrected chi connectivity index (χ2v) is 4.47. The largest absolute Gasteiger partial charge is 0.144 e. The predicted octanol–water partition coefficient (Wildman–Crippen LogP) is 2.51. The Morgan fingerprint density at radius 2 is 2.00 bits per heavy atom. The van der Waals surface area contributed by atoms with E-state index in [1.807, 2.05) is 12.2 Å². The van der Waals surface area contributed by atoms with Gasteiger partial charge in [-0.2, -0.15) is 0 Å². The van der Waals surface area contributed by atoms with Gasteiger partial charge in [-0.25, -0.2) is 0 Å². The van der Waals surface area contributed by atoms with E-state index in [4.69, 9.17) is 0 Å². The molecule has 62 valence electrons. The van der Waals surface area contributed by atoms with Crippen molar-refractivity contribution in [3.8, 4) is 0 Å². The van der Waals surface area contributed by atoms with E-state index in [0.717, 1.165) is 5.57 Å². The first-order valence-corrected chi connectivity index (χ1v) is 4.98. The Kier molecular flexibility index (Phi) is 4.27. The van der Waals surface area contributed by atoms with Crippen LogP contribution in [0.2, 0.25) is 0 Å². The summed E-state index contributed by atoms with van der Waals surface area (Å²) in [5.74, 6) is 0. The van der Waals surface area contributed by atoms with E-state index in [9.17, 15) is 0 Å². The van der Waals surface area contributed by atoms with Crippen molar-refractivity contribution >= 4 is 11.8 Å². The van der Waals surface area contributed by atoms with Gasteiger partial charge in [0.1, 0.15) is 4.75 Å². The molecule has 0 aliphatic heterocycles. The van der Waals surface area contributed by atoms with Crippen LogP contribution in [-0.4, -0.2) is 11.0 Å². The molecule has 0 N–H and O–H groups in total. The van der Waals surface area contributed by atoms with Crippen LogP contribution >= 0.6 is 0 Å². The summed E-state index contributed by atoms with van der Waals surface area (Å²) >= 11 is 1.35. The van der Waals surface area contributed by atoms with Crippen molar-refractivity contribution in [2.45, 2.75) is 18.6 Å². The smallest absolute Gasteiger partial charge is 0.0991 e. The van der Waals surface area contributed by atoms with Crippen molar-refractivity contribution < 1.29 is 0 Å².